The van der Waals surface area contributed by atoms with E-state index >= 15 is 0 Å². The number of rotatable bonds is 25. The quantitative estimate of drug-likeness (QED) is 0.0619. The van der Waals surface area contributed by atoms with Crippen LogP contribution in [0.25, 0.3) is 0 Å². The molecule has 0 fully saturated rings. The van der Waals surface area contributed by atoms with Crippen LogP contribution in [-0.2, 0) is 17.7 Å². The minimum absolute atomic E-state index is 0.773. The molecule has 4 nitrogen and oxygen atoms in total. The summed E-state index contributed by atoms with van der Waals surface area (Å²) >= 11 is 0. The van der Waals surface area contributed by atoms with Crippen LogP contribution in [-0.4, -0.2) is 55.1 Å². The van der Waals surface area contributed by atoms with Gasteiger partial charge in [0.15, 0.2) is 0 Å². The summed E-state index contributed by atoms with van der Waals surface area (Å²) in [7, 11) is 4.04. The molecule has 0 saturated carbocycles. The summed E-state index contributed by atoms with van der Waals surface area (Å²) < 4.78 is 24.1. The van der Waals surface area contributed by atoms with Crippen LogP contribution in [0.1, 0.15) is 79.1 Å². The van der Waals surface area contributed by atoms with Gasteiger partial charge in [0.25, 0.3) is 0 Å². The molecule has 10 heteroatoms. The third-order valence-electron chi connectivity index (χ3n) is 4.96. The van der Waals surface area contributed by atoms with Crippen molar-refractivity contribution in [3.63, 3.8) is 0 Å². The highest BCUT2D eigenvalue weighted by atomic mass is 33.7. The van der Waals surface area contributed by atoms with Crippen LogP contribution >= 0.6 is 41.2 Å². The Morgan fingerprint density at radius 1 is 0.531 bits per heavy atom. The van der Waals surface area contributed by atoms with E-state index in [1.807, 2.05) is 41.2 Å². The summed E-state index contributed by atoms with van der Waals surface area (Å²) in [6.07, 6.45) is 9.74. The van der Waals surface area contributed by atoms with Crippen LogP contribution in [0.5, 0.6) is 0 Å². The molecule has 2 unspecified atom stereocenters. The monoisotopic (exact) mass is 562 g/mol. The molecular formula is C22H50O4S4Si2. The lowest BCUT2D eigenvalue weighted by molar-refractivity contribution is 0.179. The zero-order chi connectivity index (χ0) is 24.0. The molecule has 0 aliphatic rings. The van der Waals surface area contributed by atoms with E-state index in [1.54, 1.807) is 0 Å². The van der Waals surface area contributed by atoms with E-state index in [-0.39, 0.29) is 0 Å². The van der Waals surface area contributed by atoms with Gasteiger partial charge in [-0.3, -0.25) is 0 Å². The molecule has 0 aromatic heterocycles. The molecule has 0 heterocycles. The largest absolute Gasteiger partial charge is 0.395 e. The SMILES string of the molecule is CCCO[Si](C)(CCCCCSSSSCCCCC[Si](C)(OCC)OCCC)OCC. The van der Waals surface area contributed by atoms with Crippen molar-refractivity contribution in [3.05, 3.63) is 0 Å². The summed E-state index contributed by atoms with van der Waals surface area (Å²) in [5.41, 5.74) is 0. The van der Waals surface area contributed by atoms with Gasteiger partial charge in [0.2, 0.25) is 0 Å². The molecule has 194 valence electrons. The Labute approximate surface area is 217 Å². The summed E-state index contributed by atoms with van der Waals surface area (Å²) in [5, 5.41) is 0. The smallest absolute Gasteiger partial charge is 0.334 e. The fraction of sp³-hybridized carbons (Fsp3) is 1.00. The van der Waals surface area contributed by atoms with Crippen LogP contribution in [0.15, 0.2) is 0 Å². The van der Waals surface area contributed by atoms with Gasteiger partial charge < -0.3 is 17.7 Å². The lowest BCUT2D eigenvalue weighted by Crippen LogP contribution is -2.38. The maximum absolute atomic E-state index is 6.06. The second-order valence-corrected chi connectivity index (χ2v) is 21.2. The highest BCUT2D eigenvalue weighted by Gasteiger charge is 2.30. The Morgan fingerprint density at radius 2 is 0.938 bits per heavy atom. The first-order chi connectivity index (χ1) is 15.4. The van der Waals surface area contributed by atoms with Crippen molar-refractivity contribution in [2.24, 2.45) is 0 Å². The normalized spacial score (nSPS) is 15.6. The fourth-order valence-electron chi connectivity index (χ4n) is 3.29. The maximum atomic E-state index is 6.06. The van der Waals surface area contributed by atoms with E-state index in [0.29, 0.717) is 0 Å². The van der Waals surface area contributed by atoms with E-state index in [1.165, 1.54) is 50.0 Å². The lowest BCUT2D eigenvalue weighted by atomic mass is 10.3. The van der Waals surface area contributed by atoms with E-state index in [9.17, 15) is 0 Å². The van der Waals surface area contributed by atoms with Gasteiger partial charge in [-0.25, -0.2) is 0 Å². The molecule has 32 heavy (non-hydrogen) atoms. The van der Waals surface area contributed by atoms with E-state index < -0.39 is 17.1 Å². The fourth-order valence-corrected chi connectivity index (χ4v) is 14.6. The molecule has 2 atom stereocenters. The molecule has 0 aromatic carbocycles. The van der Waals surface area contributed by atoms with E-state index in [2.05, 4.69) is 40.8 Å². The van der Waals surface area contributed by atoms with Crippen molar-refractivity contribution in [1.29, 1.82) is 0 Å². The molecule has 0 bridgehead atoms. The standard InChI is InChI=1S/C22H50O4S4Si2/c1-7-17-25-31(5,23-9-3)21-15-11-13-19-27-29-30-28-20-14-12-16-22-32(6,24-10-4)26-18-8-2/h7-22H2,1-6H3. The van der Waals surface area contributed by atoms with Gasteiger partial charge in [0, 0.05) is 37.9 Å². The van der Waals surface area contributed by atoms with Gasteiger partial charge >= 0.3 is 17.1 Å². The topological polar surface area (TPSA) is 36.9 Å². The second kappa shape index (κ2) is 23.1. The van der Waals surface area contributed by atoms with Gasteiger partial charge in [0.1, 0.15) is 0 Å². The molecule has 0 saturated heterocycles. The average Bonchev–Trinajstić information content (AvgIpc) is 2.77. The Morgan fingerprint density at radius 3 is 1.28 bits per heavy atom. The van der Waals surface area contributed by atoms with Crippen molar-refractivity contribution < 1.29 is 17.7 Å². The van der Waals surface area contributed by atoms with Crippen LogP contribution in [0.2, 0.25) is 25.2 Å². The first-order valence-electron chi connectivity index (χ1n) is 12.6. The summed E-state index contributed by atoms with van der Waals surface area (Å²) in [5.74, 6) is 2.47. The van der Waals surface area contributed by atoms with Crippen LogP contribution in [0, 0.1) is 0 Å². The molecular weight excluding hydrogens is 513 g/mol. The number of hydrogen-bond donors (Lipinski definition) is 0. The van der Waals surface area contributed by atoms with Crippen molar-refractivity contribution in [3.8, 4) is 0 Å². The minimum Gasteiger partial charge on any atom is -0.395 e. The van der Waals surface area contributed by atoms with Gasteiger partial charge in [-0.05, 0) is 84.4 Å². The van der Waals surface area contributed by atoms with Crippen LogP contribution in [0.4, 0.5) is 0 Å². The van der Waals surface area contributed by atoms with Crippen LogP contribution < -0.4 is 0 Å². The Kier molecular flexibility index (Phi) is 24.3. The molecule has 0 aliphatic heterocycles. The number of unbranched alkanes of at least 4 members (excludes halogenated alkanes) is 4. The average molecular weight is 563 g/mol. The number of hydrogen-bond acceptors (Lipinski definition) is 8. The summed E-state index contributed by atoms with van der Waals surface area (Å²) in [6, 6.07) is 2.25. The third kappa shape index (κ3) is 19.9. The van der Waals surface area contributed by atoms with E-state index in [0.717, 1.165) is 51.4 Å². The molecule has 0 N–H and O–H groups in total. The van der Waals surface area contributed by atoms with Gasteiger partial charge in [-0.2, -0.15) is 0 Å². The van der Waals surface area contributed by atoms with Crippen molar-refractivity contribution >= 4 is 58.4 Å². The predicted molar refractivity (Wildman–Crippen MR) is 156 cm³/mol. The van der Waals surface area contributed by atoms with Crippen molar-refractivity contribution in [1.82, 2.24) is 0 Å². The maximum Gasteiger partial charge on any atom is 0.334 e. The van der Waals surface area contributed by atoms with E-state index in [4.69, 9.17) is 17.7 Å². The molecule has 0 aliphatic carbocycles. The lowest BCUT2D eigenvalue weighted by Gasteiger charge is -2.26. The zero-order valence-electron chi connectivity index (χ0n) is 21.6. The molecule has 0 amide bonds. The Hall–Kier alpha value is 1.67. The Balaban J connectivity index is 3.55. The molecule has 0 aromatic rings. The van der Waals surface area contributed by atoms with Crippen LogP contribution in [0.3, 0.4) is 0 Å². The van der Waals surface area contributed by atoms with Crippen molar-refractivity contribution in [2.45, 2.75) is 104 Å². The first kappa shape index (κ1) is 33.7. The molecule has 0 spiro atoms. The van der Waals surface area contributed by atoms with Gasteiger partial charge in [0.05, 0.1) is 0 Å². The first-order valence-corrected chi connectivity index (χ1v) is 22.8. The summed E-state index contributed by atoms with van der Waals surface area (Å²) in [4.78, 5) is 0. The zero-order valence-corrected chi connectivity index (χ0v) is 26.8. The highest BCUT2D eigenvalue weighted by molar-refractivity contribution is 9.26. The predicted octanol–water partition coefficient (Wildman–Crippen LogP) is 9.08. The molecule has 0 rings (SSSR count). The van der Waals surface area contributed by atoms with Crippen molar-refractivity contribution in [2.75, 3.05) is 37.9 Å². The molecule has 0 radical (unpaired) electrons. The van der Waals surface area contributed by atoms with Gasteiger partial charge in [-0.15, -0.1) is 0 Å². The minimum atomic E-state index is -1.92. The van der Waals surface area contributed by atoms with Gasteiger partial charge in [-0.1, -0.05) is 61.1 Å². The highest BCUT2D eigenvalue weighted by Crippen LogP contribution is 2.43. The second-order valence-electron chi connectivity index (χ2n) is 8.23. The Bertz CT molecular complexity index is 380. The third-order valence-corrected chi connectivity index (χ3v) is 17.6. The summed E-state index contributed by atoms with van der Waals surface area (Å²) in [6.45, 7) is 16.2.